The standard InChI is InChI=1S/C15H22N2O5.ClH/c1-16-5-7-17(8-6-16)15(18)22-11-9-12(19-2)14(21-4)13(10-11)20-3;/h9-10H,5-8H2,1-4H3;1H. The lowest BCUT2D eigenvalue weighted by Crippen LogP contribution is -2.48. The zero-order valence-electron chi connectivity index (χ0n) is 13.8. The summed E-state index contributed by atoms with van der Waals surface area (Å²) >= 11 is 0. The molecule has 1 heterocycles. The Balaban J connectivity index is 0.00000264. The second-order valence-electron chi connectivity index (χ2n) is 5.02. The van der Waals surface area contributed by atoms with Crippen LogP contribution in [0.3, 0.4) is 0 Å². The minimum absolute atomic E-state index is 0. The third-order valence-corrected chi connectivity index (χ3v) is 3.60. The highest BCUT2D eigenvalue weighted by Gasteiger charge is 2.22. The van der Waals surface area contributed by atoms with Crippen LogP contribution >= 0.6 is 12.4 Å². The topological polar surface area (TPSA) is 60.5 Å². The molecule has 0 N–H and O–H groups in total. The van der Waals surface area contributed by atoms with E-state index in [4.69, 9.17) is 18.9 Å². The van der Waals surface area contributed by atoms with Crippen LogP contribution in [0.1, 0.15) is 0 Å². The Hall–Kier alpha value is -1.86. The number of nitrogens with zero attached hydrogens (tertiary/aromatic N) is 2. The van der Waals surface area contributed by atoms with E-state index in [1.165, 1.54) is 21.3 Å². The molecule has 0 atom stereocenters. The molecule has 1 aliphatic heterocycles. The quantitative estimate of drug-likeness (QED) is 0.829. The Labute approximate surface area is 142 Å². The summed E-state index contributed by atoms with van der Waals surface area (Å²) in [5.74, 6) is 1.72. The first-order valence-corrected chi connectivity index (χ1v) is 7.04. The minimum Gasteiger partial charge on any atom is -0.493 e. The van der Waals surface area contributed by atoms with Gasteiger partial charge in [0.2, 0.25) is 5.75 Å². The van der Waals surface area contributed by atoms with Crippen molar-refractivity contribution in [2.45, 2.75) is 0 Å². The number of methoxy groups -OCH3 is 3. The van der Waals surface area contributed by atoms with Gasteiger partial charge in [0.05, 0.1) is 21.3 Å². The number of halogens is 1. The van der Waals surface area contributed by atoms with Crippen molar-refractivity contribution in [1.29, 1.82) is 0 Å². The molecule has 8 heteroatoms. The summed E-state index contributed by atoms with van der Waals surface area (Å²) in [6.07, 6.45) is -0.373. The fourth-order valence-electron chi connectivity index (χ4n) is 2.27. The maximum Gasteiger partial charge on any atom is 0.415 e. The van der Waals surface area contributed by atoms with E-state index >= 15 is 0 Å². The number of rotatable bonds is 4. The van der Waals surface area contributed by atoms with Gasteiger partial charge >= 0.3 is 6.09 Å². The fraction of sp³-hybridized carbons (Fsp3) is 0.533. The molecule has 0 spiro atoms. The van der Waals surface area contributed by atoms with E-state index in [0.29, 0.717) is 36.1 Å². The molecule has 7 nitrogen and oxygen atoms in total. The minimum atomic E-state index is -0.373. The van der Waals surface area contributed by atoms with Crippen molar-refractivity contribution in [3.05, 3.63) is 12.1 Å². The molecule has 1 saturated heterocycles. The first kappa shape index (κ1) is 19.2. The van der Waals surface area contributed by atoms with Crippen LogP contribution in [0.25, 0.3) is 0 Å². The van der Waals surface area contributed by atoms with Gasteiger partial charge in [-0.1, -0.05) is 0 Å². The molecule has 130 valence electrons. The van der Waals surface area contributed by atoms with Crippen LogP contribution in [0.15, 0.2) is 12.1 Å². The highest BCUT2D eigenvalue weighted by molar-refractivity contribution is 5.85. The van der Waals surface area contributed by atoms with Gasteiger partial charge in [-0.25, -0.2) is 4.79 Å². The second-order valence-corrected chi connectivity index (χ2v) is 5.02. The van der Waals surface area contributed by atoms with Crippen LogP contribution < -0.4 is 18.9 Å². The number of carbonyl (C=O) groups is 1. The zero-order chi connectivity index (χ0) is 16.1. The van der Waals surface area contributed by atoms with Crippen molar-refractivity contribution in [3.63, 3.8) is 0 Å². The molecule has 1 fully saturated rings. The van der Waals surface area contributed by atoms with Crippen LogP contribution in [-0.2, 0) is 0 Å². The van der Waals surface area contributed by atoms with Crippen molar-refractivity contribution in [3.8, 4) is 23.0 Å². The molecule has 0 radical (unpaired) electrons. The van der Waals surface area contributed by atoms with E-state index < -0.39 is 0 Å². The summed E-state index contributed by atoms with van der Waals surface area (Å²) < 4.78 is 21.2. The van der Waals surface area contributed by atoms with Crippen molar-refractivity contribution >= 4 is 18.5 Å². The van der Waals surface area contributed by atoms with E-state index in [0.717, 1.165) is 13.1 Å². The summed E-state index contributed by atoms with van der Waals surface area (Å²) in [4.78, 5) is 16.1. The summed E-state index contributed by atoms with van der Waals surface area (Å²) in [7, 11) is 6.59. The van der Waals surface area contributed by atoms with Crippen molar-refractivity contribution in [1.82, 2.24) is 9.80 Å². The van der Waals surface area contributed by atoms with Gasteiger partial charge in [-0.3, -0.25) is 0 Å². The van der Waals surface area contributed by atoms with Gasteiger partial charge in [-0.05, 0) is 7.05 Å². The first-order chi connectivity index (χ1) is 10.6. The lowest BCUT2D eigenvalue weighted by atomic mass is 10.2. The van der Waals surface area contributed by atoms with Crippen LogP contribution in [0.2, 0.25) is 0 Å². The predicted octanol–water partition coefficient (Wildman–Crippen LogP) is 1.88. The summed E-state index contributed by atoms with van der Waals surface area (Å²) in [5.41, 5.74) is 0. The van der Waals surface area contributed by atoms with Crippen LogP contribution in [0.5, 0.6) is 23.0 Å². The average Bonchev–Trinajstić information content (AvgIpc) is 2.54. The number of hydrogen-bond donors (Lipinski definition) is 0. The average molecular weight is 347 g/mol. The second kappa shape index (κ2) is 8.69. The number of benzene rings is 1. The van der Waals surface area contributed by atoms with Gasteiger partial charge < -0.3 is 28.7 Å². The molecule has 0 saturated carbocycles. The first-order valence-electron chi connectivity index (χ1n) is 7.04. The molecular formula is C15H23ClN2O5. The molecular weight excluding hydrogens is 324 g/mol. The summed E-state index contributed by atoms with van der Waals surface area (Å²) in [5, 5.41) is 0. The van der Waals surface area contributed by atoms with Crippen LogP contribution in [0.4, 0.5) is 4.79 Å². The molecule has 0 bridgehead atoms. The lowest BCUT2D eigenvalue weighted by Gasteiger charge is -2.31. The Morgan fingerprint density at radius 1 is 0.957 bits per heavy atom. The zero-order valence-corrected chi connectivity index (χ0v) is 14.6. The number of amides is 1. The Bertz CT molecular complexity index is 508. The molecule has 1 amide bonds. The van der Waals surface area contributed by atoms with Crippen molar-refractivity contribution < 1.29 is 23.7 Å². The lowest BCUT2D eigenvalue weighted by molar-refractivity contribution is 0.120. The fourth-order valence-corrected chi connectivity index (χ4v) is 2.27. The molecule has 0 aromatic heterocycles. The number of likely N-dealkylation sites (N-methyl/N-ethyl adjacent to an activating group) is 1. The number of carbonyl (C=O) groups excluding carboxylic acids is 1. The number of ether oxygens (including phenoxy) is 4. The van der Waals surface area contributed by atoms with Crippen molar-refractivity contribution in [2.24, 2.45) is 0 Å². The largest absolute Gasteiger partial charge is 0.493 e. The maximum atomic E-state index is 12.2. The van der Waals surface area contributed by atoms with Crippen molar-refractivity contribution in [2.75, 3.05) is 54.6 Å². The third kappa shape index (κ3) is 4.56. The Morgan fingerprint density at radius 2 is 1.48 bits per heavy atom. The smallest absolute Gasteiger partial charge is 0.415 e. The van der Waals surface area contributed by atoms with Gasteiger partial charge in [-0.15, -0.1) is 12.4 Å². The molecule has 1 aromatic rings. The van der Waals surface area contributed by atoms with Gasteiger partial charge in [0.25, 0.3) is 0 Å². The van der Waals surface area contributed by atoms with Gasteiger partial charge in [0.15, 0.2) is 11.5 Å². The van der Waals surface area contributed by atoms with Crippen LogP contribution in [-0.4, -0.2) is 70.4 Å². The highest BCUT2D eigenvalue weighted by atomic mass is 35.5. The molecule has 0 unspecified atom stereocenters. The summed E-state index contributed by atoms with van der Waals surface area (Å²) in [6, 6.07) is 3.21. The highest BCUT2D eigenvalue weighted by Crippen LogP contribution is 2.40. The van der Waals surface area contributed by atoms with E-state index in [9.17, 15) is 4.79 Å². The Kier molecular flexibility index (Phi) is 7.25. The monoisotopic (exact) mass is 346 g/mol. The van der Waals surface area contributed by atoms with E-state index in [1.54, 1.807) is 17.0 Å². The maximum absolute atomic E-state index is 12.2. The van der Waals surface area contributed by atoms with E-state index in [2.05, 4.69) is 4.90 Å². The van der Waals surface area contributed by atoms with E-state index in [1.807, 2.05) is 7.05 Å². The number of hydrogen-bond acceptors (Lipinski definition) is 6. The molecule has 1 aliphatic rings. The SMILES string of the molecule is COc1cc(OC(=O)N2CCN(C)CC2)cc(OC)c1OC.Cl. The predicted molar refractivity (Wildman–Crippen MR) is 88.4 cm³/mol. The van der Waals surface area contributed by atoms with Gasteiger partial charge in [0.1, 0.15) is 5.75 Å². The van der Waals surface area contributed by atoms with Gasteiger partial charge in [-0.2, -0.15) is 0 Å². The molecule has 23 heavy (non-hydrogen) atoms. The third-order valence-electron chi connectivity index (χ3n) is 3.60. The molecule has 0 aliphatic carbocycles. The molecule has 2 rings (SSSR count). The normalized spacial score (nSPS) is 14.7. The van der Waals surface area contributed by atoms with E-state index in [-0.39, 0.29) is 18.5 Å². The summed E-state index contributed by atoms with van der Waals surface area (Å²) in [6.45, 7) is 2.98. The molecule has 1 aromatic carbocycles. The van der Waals surface area contributed by atoms with Crippen LogP contribution in [0, 0.1) is 0 Å². The number of piperazine rings is 1. The Morgan fingerprint density at radius 3 is 1.91 bits per heavy atom. The van der Waals surface area contributed by atoms with Gasteiger partial charge in [0, 0.05) is 38.3 Å².